The maximum atomic E-state index is 12.5. The lowest BCUT2D eigenvalue weighted by Gasteiger charge is -2.20. The van der Waals surface area contributed by atoms with Crippen LogP contribution in [0.3, 0.4) is 0 Å². The molecule has 0 fully saturated rings. The van der Waals surface area contributed by atoms with E-state index in [9.17, 15) is 31.1 Å². The minimum atomic E-state index is -4.65. The number of carbonyl (C=O) groups is 1. The Hall–Kier alpha value is -2.89. The molecule has 0 spiro atoms. The molecule has 0 aliphatic rings. The number of amides is 2. The van der Waals surface area contributed by atoms with Gasteiger partial charge in [-0.3, -0.25) is 4.98 Å². The topological polar surface area (TPSA) is 63.7 Å². The number of alkyl halides is 6. The first-order valence-corrected chi connectivity index (χ1v) is 8.80. The summed E-state index contributed by atoms with van der Waals surface area (Å²) >= 11 is 0. The van der Waals surface area contributed by atoms with Crippen LogP contribution in [-0.4, -0.2) is 48.5 Å². The zero-order valence-electron chi connectivity index (χ0n) is 16.9. The summed E-state index contributed by atoms with van der Waals surface area (Å²) in [7, 11) is 1.42. The minimum Gasteiger partial charge on any atom is -0.484 e. The van der Waals surface area contributed by atoms with Gasteiger partial charge in [-0.05, 0) is 31.2 Å². The number of pyridine rings is 1. The fraction of sp³-hybridized carbons (Fsp3) is 0.368. The highest BCUT2D eigenvalue weighted by Gasteiger charge is 2.30. The maximum absolute atomic E-state index is 12.5. The zero-order chi connectivity index (χ0) is 23.2. The second-order valence-electron chi connectivity index (χ2n) is 6.52. The summed E-state index contributed by atoms with van der Waals surface area (Å²) in [6.07, 6.45) is -9.27. The van der Waals surface area contributed by atoms with Crippen molar-refractivity contribution >= 4 is 24.1 Å². The molecule has 0 aliphatic heterocycles. The van der Waals surface area contributed by atoms with Crippen LogP contribution in [0, 0.1) is 6.92 Å². The maximum Gasteiger partial charge on any atom is 0.422 e. The van der Waals surface area contributed by atoms with Gasteiger partial charge in [0.25, 0.3) is 0 Å². The van der Waals surface area contributed by atoms with Crippen LogP contribution in [-0.2, 0) is 6.54 Å². The summed E-state index contributed by atoms with van der Waals surface area (Å²) in [6, 6.07) is 7.39. The average molecular weight is 488 g/mol. The quantitative estimate of drug-likeness (QED) is 0.534. The van der Waals surface area contributed by atoms with Crippen molar-refractivity contribution in [3.05, 3.63) is 47.8 Å². The van der Waals surface area contributed by atoms with Crippen molar-refractivity contribution in [3.63, 3.8) is 0 Å². The predicted molar refractivity (Wildman–Crippen MR) is 106 cm³/mol. The molecule has 2 aromatic rings. The number of urea groups is 1. The molecule has 32 heavy (non-hydrogen) atoms. The molecule has 1 heterocycles. The molecule has 13 heteroatoms. The number of rotatable bonds is 7. The molecule has 6 nitrogen and oxygen atoms in total. The van der Waals surface area contributed by atoms with E-state index in [1.807, 2.05) is 0 Å². The molecule has 0 saturated carbocycles. The first-order valence-electron chi connectivity index (χ1n) is 8.80. The first-order chi connectivity index (χ1) is 14.3. The summed E-state index contributed by atoms with van der Waals surface area (Å²) < 4.78 is 83.8. The largest absolute Gasteiger partial charge is 0.484 e. The zero-order valence-corrected chi connectivity index (χ0v) is 17.7. The average Bonchev–Trinajstić information content (AvgIpc) is 2.64. The van der Waals surface area contributed by atoms with Gasteiger partial charge in [-0.15, -0.1) is 12.4 Å². The van der Waals surface area contributed by atoms with Crippen molar-refractivity contribution in [3.8, 4) is 11.5 Å². The van der Waals surface area contributed by atoms with Crippen LogP contribution < -0.4 is 14.8 Å². The normalized spacial score (nSPS) is 11.4. The van der Waals surface area contributed by atoms with Gasteiger partial charge < -0.3 is 19.7 Å². The highest BCUT2D eigenvalue weighted by Crippen LogP contribution is 2.32. The van der Waals surface area contributed by atoms with Crippen molar-refractivity contribution in [2.24, 2.45) is 0 Å². The summed E-state index contributed by atoms with van der Waals surface area (Å²) in [4.78, 5) is 17.9. The van der Waals surface area contributed by atoms with E-state index in [-0.39, 0.29) is 36.1 Å². The predicted octanol–water partition coefficient (Wildman–Crippen LogP) is 5.36. The van der Waals surface area contributed by atoms with Gasteiger partial charge in [0.15, 0.2) is 13.2 Å². The second-order valence-corrected chi connectivity index (χ2v) is 6.52. The SMILES string of the molecule is Cc1cccc(CN(C)C(=O)Nc2cc(OCC(F)(F)F)ccc2OCC(F)(F)F)n1.Cl. The molecule has 1 aromatic heterocycles. The van der Waals surface area contributed by atoms with Crippen LogP contribution in [0.4, 0.5) is 36.8 Å². The number of nitrogens with one attached hydrogen (secondary N) is 1. The van der Waals surface area contributed by atoms with Crippen LogP contribution in [0.15, 0.2) is 36.4 Å². The number of anilines is 1. The monoisotopic (exact) mass is 487 g/mol. The molecular weight excluding hydrogens is 468 g/mol. The molecule has 0 atom stereocenters. The number of nitrogens with zero attached hydrogens (tertiary/aromatic N) is 2. The Kier molecular flexibility index (Phi) is 9.43. The van der Waals surface area contributed by atoms with E-state index in [4.69, 9.17) is 0 Å². The van der Waals surface area contributed by atoms with E-state index in [0.717, 1.165) is 23.9 Å². The van der Waals surface area contributed by atoms with Gasteiger partial charge in [-0.2, -0.15) is 26.3 Å². The smallest absolute Gasteiger partial charge is 0.422 e. The lowest BCUT2D eigenvalue weighted by atomic mass is 10.2. The Morgan fingerprint density at radius 1 is 1.03 bits per heavy atom. The number of hydrogen-bond acceptors (Lipinski definition) is 4. The molecule has 0 saturated heterocycles. The third-order valence-electron chi connectivity index (χ3n) is 3.68. The van der Waals surface area contributed by atoms with Crippen LogP contribution >= 0.6 is 12.4 Å². The number of hydrogen-bond donors (Lipinski definition) is 1. The van der Waals surface area contributed by atoms with E-state index in [2.05, 4.69) is 19.8 Å². The Morgan fingerprint density at radius 3 is 2.25 bits per heavy atom. The molecule has 1 N–H and O–H groups in total. The van der Waals surface area contributed by atoms with Crippen molar-refractivity contribution in [1.29, 1.82) is 0 Å². The van der Waals surface area contributed by atoms with E-state index in [1.165, 1.54) is 11.9 Å². The number of carbonyl (C=O) groups excluding carboxylic acids is 1. The number of halogens is 7. The van der Waals surface area contributed by atoms with Crippen molar-refractivity contribution in [2.75, 3.05) is 25.6 Å². The van der Waals surface area contributed by atoms with E-state index in [0.29, 0.717) is 5.69 Å². The third-order valence-corrected chi connectivity index (χ3v) is 3.68. The highest BCUT2D eigenvalue weighted by molar-refractivity contribution is 5.91. The number of ether oxygens (including phenoxy) is 2. The molecule has 0 radical (unpaired) electrons. The summed E-state index contributed by atoms with van der Waals surface area (Å²) in [5.41, 5.74) is 1.01. The number of aryl methyl sites for hydroxylation is 1. The van der Waals surface area contributed by atoms with Gasteiger partial charge in [0.1, 0.15) is 11.5 Å². The molecule has 178 valence electrons. The second kappa shape index (κ2) is 11.1. The molecule has 0 bridgehead atoms. The molecule has 1 aromatic carbocycles. The van der Waals surface area contributed by atoms with Crippen molar-refractivity contribution < 1.29 is 40.6 Å². The lowest BCUT2D eigenvalue weighted by molar-refractivity contribution is -0.154. The fourth-order valence-corrected chi connectivity index (χ4v) is 2.36. The van der Waals surface area contributed by atoms with Gasteiger partial charge in [0, 0.05) is 18.8 Å². The highest BCUT2D eigenvalue weighted by atomic mass is 35.5. The van der Waals surface area contributed by atoms with Crippen LogP contribution in [0.5, 0.6) is 11.5 Å². The van der Waals surface area contributed by atoms with Crippen molar-refractivity contribution in [2.45, 2.75) is 25.8 Å². The summed E-state index contributed by atoms with van der Waals surface area (Å²) in [5, 5.41) is 2.32. The van der Waals surface area contributed by atoms with E-state index >= 15 is 0 Å². The third kappa shape index (κ3) is 9.50. The van der Waals surface area contributed by atoms with Crippen molar-refractivity contribution in [1.82, 2.24) is 9.88 Å². The van der Waals surface area contributed by atoms with Crippen LogP contribution in [0.1, 0.15) is 11.4 Å². The summed E-state index contributed by atoms with van der Waals surface area (Å²) in [6.45, 7) is -1.42. The number of aromatic nitrogens is 1. The molecule has 0 unspecified atom stereocenters. The molecule has 0 aliphatic carbocycles. The van der Waals surface area contributed by atoms with E-state index in [1.54, 1.807) is 25.1 Å². The Morgan fingerprint density at radius 2 is 1.66 bits per heavy atom. The Labute approximate surface area is 185 Å². The van der Waals surface area contributed by atoms with Crippen LogP contribution in [0.25, 0.3) is 0 Å². The lowest BCUT2D eigenvalue weighted by Crippen LogP contribution is -2.31. The number of benzene rings is 1. The molecule has 2 amide bonds. The van der Waals surface area contributed by atoms with E-state index < -0.39 is 31.6 Å². The molecule has 2 rings (SSSR count). The molecular formula is C19H20ClF6N3O3. The first kappa shape index (κ1) is 27.1. The van der Waals surface area contributed by atoms with Gasteiger partial charge >= 0.3 is 18.4 Å². The summed E-state index contributed by atoms with van der Waals surface area (Å²) in [5.74, 6) is -0.692. The van der Waals surface area contributed by atoms with Crippen LogP contribution in [0.2, 0.25) is 0 Å². The fourth-order valence-electron chi connectivity index (χ4n) is 2.36. The van der Waals surface area contributed by atoms with Gasteiger partial charge in [0.05, 0.1) is 17.9 Å². The van der Waals surface area contributed by atoms with Gasteiger partial charge in [-0.1, -0.05) is 6.07 Å². The van der Waals surface area contributed by atoms with Gasteiger partial charge in [0.2, 0.25) is 0 Å². The van der Waals surface area contributed by atoms with Gasteiger partial charge in [-0.25, -0.2) is 4.79 Å². The Bertz CT molecular complexity index is 909. The standard InChI is InChI=1S/C19H19F6N3O3.ClH/c1-12-4-3-5-13(26-12)9-28(2)17(29)27-15-8-14(30-10-18(20,21)22)6-7-16(15)31-11-19(23,24)25;/h3-8H,9-11H2,1-2H3,(H,27,29);1H. The minimum absolute atomic E-state index is 0. The Balaban J connectivity index is 0.00000512.